The van der Waals surface area contributed by atoms with Gasteiger partial charge in [-0.05, 0) is 35.9 Å². The molecule has 2 aromatic rings. The first-order chi connectivity index (χ1) is 11.6. The zero-order valence-electron chi connectivity index (χ0n) is 13.5. The van der Waals surface area contributed by atoms with E-state index in [9.17, 15) is 9.90 Å². The minimum atomic E-state index is -0.263. The first kappa shape index (κ1) is 15.7. The number of carbonyl (C=O) groups excluding carboxylic acids is 1. The van der Waals surface area contributed by atoms with Crippen LogP contribution >= 0.6 is 0 Å². The molecule has 24 heavy (non-hydrogen) atoms. The number of aromatic hydroxyl groups is 1. The minimum absolute atomic E-state index is 0.0194. The molecule has 1 heterocycles. The summed E-state index contributed by atoms with van der Waals surface area (Å²) in [5, 5.41) is 9.84. The summed E-state index contributed by atoms with van der Waals surface area (Å²) >= 11 is 0. The molecule has 0 spiro atoms. The van der Waals surface area contributed by atoms with E-state index in [1.165, 1.54) is 27.4 Å². The van der Waals surface area contributed by atoms with Gasteiger partial charge in [-0.1, -0.05) is 6.07 Å². The van der Waals surface area contributed by atoms with E-state index >= 15 is 0 Å². The Morgan fingerprint density at radius 2 is 1.71 bits per heavy atom. The van der Waals surface area contributed by atoms with Gasteiger partial charge >= 0.3 is 0 Å². The molecule has 2 aromatic carbocycles. The zero-order chi connectivity index (χ0) is 17.3. The Morgan fingerprint density at radius 1 is 1.00 bits per heavy atom. The second-order valence-electron chi connectivity index (χ2n) is 5.05. The van der Waals surface area contributed by atoms with Crippen LogP contribution in [0.2, 0.25) is 0 Å². The summed E-state index contributed by atoms with van der Waals surface area (Å²) in [6, 6.07) is 8.09. The molecular formula is C18H16O6. The van der Waals surface area contributed by atoms with Crippen LogP contribution in [-0.2, 0) is 0 Å². The fourth-order valence-corrected chi connectivity index (χ4v) is 2.51. The maximum atomic E-state index is 12.5. The SMILES string of the molecule is COc1ccc(/C=C2\Oc3c(ccc(OC)c3OC)C2=O)cc1O. The number of ether oxygens (including phenoxy) is 4. The Kier molecular flexibility index (Phi) is 4.04. The normalized spacial score (nSPS) is 14.3. The maximum Gasteiger partial charge on any atom is 0.232 e. The van der Waals surface area contributed by atoms with Gasteiger partial charge in [-0.15, -0.1) is 0 Å². The number of phenolic OH excluding ortho intramolecular Hbond substituents is 1. The minimum Gasteiger partial charge on any atom is -0.504 e. The lowest BCUT2D eigenvalue weighted by Crippen LogP contribution is -1.98. The number of hydrogen-bond donors (Lipinski definition) is 1. The number of carbonyl (C=O) groups is 1. The van der Waals surface area contributed by atoms with Crippen molar-refractivity contribution >= 4 is 11.9 Å². The third-order valence-corrected chi connectivity index (χ3v) is 3.68. The molecule has 0 unspecified atom stereocenters. The maximum absolute atomic E-state index is 12.5. The Bertz CT molecular complexity index is 838. The number of ketones is 1. The molecule has 0 amide bonds. The Morgan fingerprint density at radius 3 is 2.33 bits per heavy atom. The van der Waals surface area contributed by atoms with Crippen molar-refractivity contribution in [1.29, 1.82) is 0 Å². The van der Waals surface area contributed by atoms with E-state index in [0.717, 1.165) is 0 Å². The molecule has 6 nitrogen and oxygen atoms in total. The van der Waals surface area contributed by atoms with Gasteiger partial charge in [-0.3, -0.25) is 4.79 Å². The molecular weight excluding hydrogens is 312 g/mol. The molecule has 0 aliphatic carbocycles. The molecule has 1 aliphatic rings. The first-order valence-electron chi connectivity index (χ1n) is 7.15. The van der Waals surface area contributed by atoms with Gasteiger partial charge in [0.2, 0.25) is 11.5 Å². The van der Waals surface area contributed by atoms with Gasteiger partial charge < -0.3 is 24.1 Å². The number of fused-ring (bicyclic) bond motifs is 1. The molecule has 0 saturated heterocycles. The molecule has 0 aromatic heterocycles. The van der Waals surface area contributed by atoms with Gasteiger partial charge in [0, 0.05) is 0 Å². The third kappa shape index (κ3) is 2.52. The predicted molar refractivity (Wildman–Crippen MR) is 87.1 cm³/mol. The third-order valence-electron chi connectivity index (χ3n) is 3.68. The van der Waals surface area contributed by atoms with Crippen LogP contribution in [0.3, 0.4) is 0 Å². The highest BCUT2D eigenvalue weighted by atomic mass is 16.5. The van der Waals surface area contributed by atoms with Crippen molar-refractivity contribution in [3.63, 3.8) is 0 Å². The number of hydrogen-bond acceptors (Lipinski definition) is 6. The van der Waals surface area contributed by atoms with Crippen LogP contribution < -0.4 is 18.9 Å². The molecule has 3 rings (SSSR count). The van der Waals surface area contributed by atoms with Crippen molar-refractivity contribution in [2.75, 3.05) is 21.3 Å². The van der Waals surface area contributed by atoms with Crippen molar-refractivity contribution in [1.82, 2.24) is 0 Å². The average molecular weight is 328 g/mol. The first-order valence-corrected chi connectivity index (χ1v) is 7.15. The van der Waals surface area contributed by atoms with E-state index in [1.54, 1.807) is 30.3 Å². The summed E-state index contributed by atoms with van der Waals surface area (Å²) in [7, 11) is 4.46. The predicted octanol–water partition coefficient (Wildman–Crippen LogP) is 3.03. The van der Waals surface area contributed by atoms with Gasteiger partial charge in [0.15, 0.2) is 28.8 Å². The van der Waals surface area contributed by atoms with Gasteiger partial charge in [-0.25, -0.2) is 0 Å². The number of rotatable bonds is 4. The molecule has 0 radical (unpaired) electrons. The molecule has 1 aliphatic heterocycles. The van der Waals surface area contributed by atoms with Crippen molar-refractivity contribution in [3.05, 3.63) is 47.2 Å². The molecule has 0 saturated carbocycles. The molecule has 0 fully saturated rings. The summed E-state index contributed by atoms with van der Waals surface area (Å²) in [4.78, 5) is 12.5. The number of Topliss-reactive ketones (excluding diaryl/α,β-unsaturated/α-hetero) is 1. The molecule has 0 atom stereocenters. The summed E-state index contributed by atoms with van der Waals surface area (Å²) < 4.78 is 21.2. The number of methoxy groups -OCH3 is 3. The van der Waals surface area contributed by atoms with E-state index < -0.39 is 0 Å². The van der Waals surface area contributed by atoms with E-state index in [-0.39, 0.29) is 17.3 Å². The fourth-order valence-electron chi connectivity index (χ4n) is 2.51. The average Bonchev–Trinajstić information content (AvgIpc) is 2.90. The molecule has 6 heteroatoms. The van der Waals surface area contributed by atoms with E-state index in [2.05, 4.69) is 0 Å². The van der Waals surface area contributed by atoms with Crippen LogP contribution in [0.4, 0.5) is 0 Å². The summed E-state index contributed by atoms with van der Waals surface area (Å²) in [5.74, 6) is 1.38. The highest BCUT2D eigenvalue weighted by Gasteiger charge is 2.32. The van der Waals surface area contributed by atoms with Gasteiger partial charge in [0.25, 0.3) is 0 Å². The van der Waals surface area contributed by atoms with E-state index in [1.807, 2.05) is 0 Å². The lowest BCUT2D eigenvalue weighted by atomic mass is 10.1. The van der Waals surface area contributed by atoms with Crippen LogP contribution in [0.1, 0.15) is 15.9 Å². The largest absolute Gasteiger partial charge is 0.504 e. The Hall–Kier alpha value is -3.15. The van der Waals surface area contributed by atoms with Gasteiger partial charge in [0.05, 0.1) is 26.9 Å². The summed E-state index contributed by atoms with van der Waals surface area (Å²) in [6.45, 7) is 0. The van der Waals surface area contributed by atoms with Crippen LogP contribution in [-0.4, -0.2) is 32.2 Å². The number of allylic oxidation sites excluding steroid dienone is 1. The number of benzene rings is 2. The van der Waals surface area contributed by atoms with Crippen molar-refractivity contribution < 1.29 is 28.8 Å². The lowest BCUT2D eigenvalue weighted by Gasteiger charge is -2.10. The van der Waals surface area contributed by atoms with Crippen molar-refractivity contribution in [3.8, 4) is 28.7 Å². The fraction of sp³-hybridized carbons (Fsp3) is 0.167. The van der Waals surface area contributed by atoms with Crippen LogP contribution in [0.15, 0.2) is 36.1 Å². The van der Waals surface area contributed by atoms with E-state index in [0.29, 0.717) is 34.1 Å². The zero-order valence-corrected chi connectivity index (χ0v) is 13.5. The number of phenols is 1. The monoisotopic (exact) mass is 328 g/mol. The second-order valence-corrected chi connectivity index (χ2v) is 5.05. The lowest BCUT2D eigenvalue weighted by molar-refractivity contribution is 0.101. The van der Waals surface area contributed by atoms with Crippen LogP contribution in [0.25, 0.3) is 6.08 Å². The Labute approximate surface area is 138 Å². The van der Waals surface area contributed by atoms with E-state index in [4.69, 9.17) is 18.9 Å². The highest BCUT2D eigenvalue weighted by molar-refractivity contribution is 6.15. The Balaban J connectivity index is 2.00. The highest BCUT2D eigenvalue weighted by Crippen LogP contribution is 2.45. The van der Waals surface area contributed by atoms with Crippen molar-refractivity contribution in [2.24, 2.45) is 0 Å². The van der Waals surface area contributed by atoms with Gasteiger partial charge in [-0.2, -0.15) is 0 Å². The van der Waals surface area contributed by atoms with Crippen LogP contribution in [0.5, 0.6) is 28.7 Å². The van der Waals surface area contributed by atoms with Crippen molar-refractivity contribution in [2.45, 2.75) is 0 Å². The summed E-state index contributed by atoms with van der Waals surface area (Å²) in [5.41, 5.74) is 1.01. The second kappa shape index (κ2) is 6.16. The standard InChI is InChI=1S/C18H16O6/c1-21-13-6-4-10(8-12(13)19)9-15-16(20)11-5-7-14(22-2)18(23-3)17(11)24-15/h4-9,19H,1-3H3/b15-9-. The molecule has 1 N–H and O–H groups in total. The van der Waals surface area contributed by atoms with Gasteiger partial charge in [0.1, 0.15) is 0 Å². The quantitative estimate of drug-likeness (QED) is 0.870. The topological polar surface area (TPSA) is 74.2 Å². The van der Waals surface area contributed by atoms with Crippen LogP contribution in [0, 0.1) is 0 Å². The molecule has 124 valence electrons. The smallest absolute Gasteiger partial charge is 0.232 e. The molecule has 0 bridgehead atoms. The summed E-state index contributed by atoms with van der Waals surface area (Å²) in [6.07, 6.45) is 1.55.